The largest absolute Gasteiger partial charge is 0.465 e. The summed E-state index contributed by atoms with van der Waals surface area (Å²) in [6, 6.07) is 6.11. The summed E-state index contributed by atoms with van der Waals surface area (Å²) in [5, 5.41) is 2.71. The molecule has 0 aromatic heterocycles. The van der Waals surface area contributed by atoms with Crippen molar-refractivity contribution in [3.8, 4) is 0 Å². The van der Waals surface area contributed by atoms with E-state index in [1.165, 1.54) is 7.11 Å². The number of benzene rings is 1. The fourth-order valence-electron chi connectivity index (χ4n) is 2.58. The van der Waals surface area contributed by atoms with E-state index in [9.17, 15) is 18.0 Å². The minimum atomic E-state index is -3.25. The molecule has 1 saturated heterocycles. The van der Waals surface area contributed by atoms with E-state index in [0.717, 1.165) is 6.26 Å². The number of nitrogens with zero attached hydrogens (tertiary/aromatic N) is 1. The van der Waals surface area contributed by atoms with E-state index >= 15 is 0 Å². The zero-order valence-electron chi connectivity index (χ0n) is 13.6. The molecule has 2 amide bonds. The predicted octanol–water partition coefficient (Wildman–Crippen LogP) is 1.02. The number of carbonyl (C=O) groups excluding carboxylic acids is 2. The Balaban J connectivity index is 1.96. The van der Waals surface area contributed by atoms with Gasteiger partial charge in [0.15, 0.2) is 0 Å². The van der Waals surface area contributed by atoms with Crippen LogP contribution in [0, 0.1) is 0 Å². The van der Waals surface area contributed by atoms with Gasteiger partial charge in [0, 0.05) is 19.1 Å². The molecule has 0 unspecified atom stereocenters. The normalized spacial score (nSPS) is 15.8. The van der Waals surface area contributed by atoms with Gasteiger partial charge in [-0.2, -0.15) is 0 Å². The maximum Gasteiger partial charge on any atom is 0.339 e. The fourth-order valence-corrected chi connectivity index (χ4v) is 3.42. The Morgan fingerprint density at radius 2 is 1.83 bits per heavy atom. The third kappa shape index (κ3) is 4.93. The Labute approximate surface area is 141 Å². The van der Waals surface area contributed by atoms with Crippen molar-refractivity contribution >= 4 is 27.7 Å². The van der Waals surface area contributed by atoms with Crippen molar-refractivity contribution < 1.29 is 22.7 Å². The number of sulfonamides is 1. The highest BCUT2D eigenvalue weighted by Crippen LogP contribution is 2.18. The van der Waals surface area contributed by atoms with Gasteiger partial charge in [-0.15, -0.1) is 0 Å². The number of para-hydroxylation sites is 1. The van der Waals surface area contributed by atoms with Crippen molar-refractivity contribution in [1.82, 2.24) is 9.62 Å². The summed E-state index contributed by atoms with van der Waals surface area (Å²) < 4.78 is 29.7. The SMILES string of the molecule is COC(=O)c1ccccc1NC(=O)N1CCC(NS(C)(=O)=O)CC1. The minimum absolute atomic E-state index is 0.161. The summed E-state index contributed by atoms with van der Waals surface area (Å²) in [4.78, 5) is 25.7. The molecule has 0 spiro atoms. The molecule has 0 saturated carbocycles. The quantitative estimate of drug-likeness (QED) is 0.785. The molecular weight excluding hydrogens is 334 g/mol. The van der Waals surface area contributed by atoms with Gasteiger partial charge in [-0.1, -0.05) is 12.1 Å². The van der Waals surface area contributed by atoms with Gasteiger partial charge in [-0.3, -0.25) is 0 Å². The Kier molecular flexibility index (Phi) is 5.79. The van der Waals surface area contributed by atoms with Crippen molar-refractivity contribution in [2.45, 2.75) is 18.9 Å². The van der Waals surface area contributed by atoms with Crippen LogP contribution < -0.4 is 10.0 Å². The van der Waals surface area contributed by atoms with Crippen LogP contribution in [0.5, 0.6) is 0 Å². The number of hydrogen-bond acceptors (Lipinski definition) is 5. The smallest absolute Gasteiger partial charge is 0.339 e. The molecule has 0 atom stereocenters. The number of hydrogen-bond donors (Lipinski definition) is 2. The van der Waals surface area contributed by atoms with Crippen LogP contribution in [-0.4, -0.2) is 57.8 Å². The van der Waals surface area contributed by atoms with Crippen LogP contribution in [0.4, 0.5) is 10.5 Å². The van der Waals surface area contributed by atoms with Crippen LogP contribution in [0.2, 0.25) is 0 Å². The predicted molar refractivity (Wildman–Crippen MR) is 89.4 cm³/mol. The number of ether oxygens (including phenoxy) is 1. The number of piperidine rings is 1. The van der Waals surface area contributed by atoms with E-state index in [4.69, 9.17) is 4.74 Å². The van der Waals surface area contributed by atoms with Crippen LogP contribution in [-0.2, 0) is 14.8 Å². The van der Waals surface area contributed by atoms with E-state index in [1.54, 1.807) is 29.2 Å². The lowest BCUT2D eigenvalue weighted by atomic mass is 10.1. The number of amides is 2. The molecule has 24 heavy (non-hydrogen) atoms. The van der Waals surface area contributed by atoms with E-state index < -0.39 is 16.0 Å². The van der Waals surface area contributed by atoms with E-state index in [-0.39, 0.29) is 17.6 Å². The van der Waals surface area contributed by atoms with Crippen molar-refractivity contribution in [1.29, 1.82) is 0 Å². The monoisotopic (exact) mass is 355 g/mol. The van der Waals surface area contributed by atoms with Gasteiger partial charge in [0.1, 0.15) is 0 Å². The molecule has 8 nitrogen and oxygen atoms in total. The average molecular weight is 355 g/mol. The van der Waals surface area contributed by atoms with Gasteiger partial charge < -0.3 is 15.0 Å². The molecule has 2 N–H and O–H groups in total. The fraction of sp³-hybridized carbons (Fsp3) is 0.467. The van der Waals surface area contributed by atoms with Crippen molar-refractivity contribution in [2.75, 3.05) is 31.8 Å². The molecule has 0 bridgehead atoms. The first kappa shape index (κ1) is 18.2. The molecule has 1 aliphatic rings. The molecule has 0 aliphatic carbocycles. The maximum atomic E-state index is 12.3. The van der Waals surface area contributed by atoms with Gasteiger partial charge in [0.25, 0.3) is 0 Å². The highest BCUT2D eigenvalue weighted by atomic mass is 32.2. The van der Waals surface area contributed by atoms with Crippen LogP contribution >= 0.6 is 0 Å². The number of methoxy groups -OCH3 is 1. The van der Waals surface area contributed by atoms with Crippen molar-refractivity contribution in [2.24, 2.45) is 0 Å². The number of rotatable bonds is 4. The number of carbonyl (C=O) groups is 2. The molecule has 2 rings (SSSR count). The zero-order chi connectivity index (χ0) is 17.7. The lowest BCUT2D eigenvalue weighted by molar-refractivity contribution is 0.0602. The number of nitrogens with one attached hydrogen (secondary N) is 2. The molecule has 1 heterocycles. The standard InChI is InChI=1S/C15H21N3O5S/c1-23-14(19)12-5-3-4-6-13(12)16-15(20)18-9-7-11(8-10-18)17-24(2,21)22/h3-6,11,17H,7-10H2,1-2H3,(H,16,20). The number of esters is 1. The van der Waals surface area contributed by atoms with Gasteiger partial charge in [0.05, 0.1) is 24.6 Å². The molecule has 0 radical (unpaired) electrons. The Morgan fingerprint density at radius 3 is 2.42 bits per heavy atom. The van der Waals surface area contributed by atoms with Crippen LogP contribution in [0.25, 0.3) is 0 Å². The first-order chi connectivity index (χ1) is 11.3. The third-order valence-electron chi connectivity index (χ3n) is 3.74. The lowest BCUT2D eigenvalue weighted by Gasteiger charge is -2.32. The van der Waals surface area contributed by atoms with E-state index in [0.29, 0.717) is 31.6 Å². The number of likely N-dealkylation sites (tertiary alicyclic amines) is 1. The molecule has 9 heteroatoms. The van der Waals surface area contributed by atoms with Gasteiger partial charge in [-0.25, -0.2) is 22.7 Å². The highest BCUT2D eigenvalue weighted by Gasteiger charge is 2.25. The molecule has 1 fully saturated rings. The van der Waals surface area contributed by atoms with Crippen LogP contribution in [0.1, 0.15) is 23.2 Å². The van der Waals surface area contributed by atoms with Crippen molar-refractivity contribution in [3.63, 3.8) is 0 Å². The highest BCUT2D eigenvalue weighted by molar-refractivity contribution is 7.88. The third-order valence-corrected chi connectivity index (χ3v) is 4.50. The summed E-state index contributed by atoms with van der Waals surface area (Å²) in [6.45, 7) is 0.860. The minimum Gasteiger partial charge on any atom is -0.465 e. The van der Waals surface area contributed by atoms with Crippen molar-refractivity contribution in [3.05, 3.63) is 29.8 Å². The van der Waals surface area contributed by atoms with Crippen LogP contribution in [0.15, 0.2) is 24.3 Å². The molecule has 132 valence electrons. The molecular formula is C15H21N3O5S. The second-order valence-electron chi connectivity index (χ2n) is 5.62. The lowest BCUT2D eigenvalue weighted by Crippen LogP contribution is -2.47. The molecule has 1 aliphatic heterocycles. The summed E-state index contributed by atoms with van der Waals surface area (Å²) in [6.07, 6.45) is 2.20. The van der Waals surface area contributed by atoms with Gasteiger partial charge in [-0.05, 0) is 25.0 Å². The van der Waals surface area contributed by atoms with Crippen LogP contribution in [0.3, 0.4) is 0 Å². The Hall–Kier alpha value is -2.13. The summed E-state index contributed by atoms with van der Waals surface area (Å²) in [7, 11) is -1.97. The van der Waals surface area contributed by atoms with Gasteiger partial charge in [0.2, 0.25) is 10.0 Å². The zero-order valence-corrected chi connectivity index (χ0v) is 14.4. The van der Waals surface area contributed by atoms with E-state index in [2.05, 4.69) is 10.0 Å². The summed E-state index contributed by atoms with van der Waals surface area (Å²) in [5.74, 6) is -0.526. The average Bonchev–Trinajstić information content (AvgIpc) is 2.53. The summed E-state index contributed by atoms with van der Waals surface area (Å²) in [5.41, 5.74) is 0.660. The second kappa shape index (κ2) is 7.63. The van der Waals surface area contributed by atoms with E-state index in [1.807, 2.05) is 0 Å². The maximum absolute atomic E-state index is 12.3. The molecule has 1 aromatic rings. The Bertz CT molecular complexity index is 712. The number of urea groups is 1. The topological polar surface area (TPSA) is 105 Å². The second-order valence-corrected chi connectivity index (χ2v) is 7.40. The summed E-state index contributed by atoms with van der Waals surface area (Å²) >= 11 is 0. The first-order valence-corrected chi connectivity index (χ1v) is 9.40. The van der Waals surface area contributed by atoms with Gasteiger partial charge >= 0.3 is 12.0 Å². The first-order valence-electron chi connectivity index (χ1n) is 7.50. The molecule has 1 aromatic carbocycles. The Morgan fingerprint density at radius 1 is 1.21 bits per heavy atom. The number of anilines is 1.